The second-order valence-electron chi connectivity index (χ2n) is 4.17. The number of nitrogens with zero attached hydrogens (tertiary/aromatic N) is 1. The zero-order valence-corrected chi connectivity index (χ0v) is 8.75. The van der Waals surface area contributed by atoms with E-state index in [9.17, 15) is 4.79 Å². The van der Waals surface area contributed by atoms with Crippen molar-refractivity contribution in [2.24, 2.45) is 5.92 Å². The lowest BCUT2D eigenvalue weighted by Crippen LogP contribution is -2.30. The number of hydrogen-bond acceptors (Lipinski definition) is 3. The third kappa shape index (κ3) is 3.77. The van der Waals surface area contributed by atoms with Gasteiger partial charge in [0.25, 0.3) is 0 Å². The smallest absolute Gasteiger partial charge is 0.320 e. The van der Waals surface area contributed by atoms with Crippen molar-refractivity contribution in [3.63, 3.8) is 0 Å². The van der Waals surface area contributed by atoms with E-state index in [1.54, 1.807) is 0 Å². The molecule has 1 saturated heterocycles. The molecule has 1 atom stereocenters. The highest BCUT2D eigenvalue weighted by Crippen LogP contribution is 2.14. The van der Waals surface area contributed by atoms with Crippen molar-refractivity contribution in [1.29, 1.82) is 0 Å². The summed E-state index contributed by atoms with van der Waals surface area (Å²) in [5, 5.41) is 0. The number of ether oxygens (including phenoxy) is 1. The topological polar surface area (TPSA) is 29.5 Å². The molecule has 1 fully saturated rings. The van der Waals surface area contributed by atoms with Crippen molar-refractivity contribution in [2.45, 2.75) is 33.3 Å². The molecule has 1 unspecified atom stereocenters. The van der Waals surface area contributed by atoms with Crippen LogP contribution in [-0.4, -0.2) is 36.6 Å². The van der Waals surface area contributed by atoms with E-state index in [0.717, 1.165) is 19.0 Å². The molecule has 0 aromatic heterocycles. The molecule has 0 radical (unpaired) electrons. The fourth-order valence-electron chi connectivity index (χ4n) is 1.65. The molecule has 0 aromatic carbocycles. The van der Waals surface area contributed by atoms with E-state index in [-0.39, 0.29) is 12.1 Å². The minimum Gasteiger partial charge on any atom is -0.462 e. The van der Waals surface area contributed by atoms with Gasteiger partial charge in [0.05, 0.1) is 12.6 Å². The molecule has 3 nitrogen and oxygen atoms in total. The van der Waals surface area contributed by atoms with Crippen LogP contribution in [-0.2, 0) is 9.53 Å². The average Bonchev–Trinajstić information content (AvgIpc) is 2.33. The molecule has 0 aliphatic carbocycles. The Morgan fingerprint density at radius 1 is 1.62 bits per heavy atom. The van der Waals surface area contributed by atoms with Gasteiger partial charge in [-0.05, 0) is 32.7 Å². The van der Waals surface area contributed by atoms with E-state index in [0.29, 0.717) is 6.54 Å². The van der Waals surface area contributed by atoms with Gasteiger partial charge in [-0.25, -0.2) is 0 Å². The summed E-state index contributed by atoms with van der Waals surface area (Å²) in [5.41, 5.74) is 0. The van der Waals surface area contributed by atoms with E-state index in [1.165, 1.54) is 6.42 Å². The first-order valence-electron chi connectivity index (χ1n) is 4.99. The van der Waals surface area contributed by atoms with Crippen LogP contribution in [0.2, 0.25) is 0 Å². The Morgan fingerprint density at radius 3 is 2.77 bits per heavy atom. The van der Waals surface area contributed by atoms with Crippen LogP contribution in [0.5, 0.6) is 0 Å². The van der Waals surface area contributed by atoms with Crippen molar-refractivity contribution in [3.05, 3.63) is 0 Å². The quantitative estimate of drug-likeness (QED) is 0.620. The zero-order valence-electron chi connectivity index (χ0n) is 8.75. The molecule has 3 heteroatoms. The van der Waals surface area contributed by atoms with Gasteiger partial charge < -0.3 is 4.74 Å². The Morgan fingerprint density at radius 2 is 2.31 bits per heavy atom. The van der Waals surface area contributed by atoms with Crippen LogP contribution in [0.3, 0.4) is 0 Å². The lowest BCUT2D eigenvalue weighted by Gasteiger charge is -2.15. The third-order valence-electron chi connectivity index (χ3n) is 2.23. The highest BCUT2D eigenvalue weighted by Gasteiger charge is 2.21. The van der Waals surface area contributed by atoms with E-state index < -0.39 is 0 Å². The van der Waals surface area contributed by atoms with Crippen LogP contribution < -0.4 is 0 Å². The second kappa shape index (κ2) is 4.61. The molecule has 0 N–H and O–H groups in total. The van der Waals surface area contributed by atoms with E-state index >= 15 is 0 Å². The summed E-state index contributed by atoms with van der Waals surface area (Å²) in [4.78, 5) is 13.4. The molecular weight excluding hydrogens is 166 g/mol. The highest BCUT2D eigenvalue weighted by atomic mass is 16.5. The molecule has 1 aliphatic heterocycles. The monoisotopic (exact) mass is 185 g/mol. The molecule has 1 rings (SSSR count). The predicted molar refractivity (Wildman–Crippen MR) is 51.4 cm³/mol. The van der Waals surface area contributed by atoms with Crippen molar-refractivity contribution < 1.29 is 9.53 Å². The Balaban J connectivity index is 2.21. The van der Waals surface area contributed by atoms with Gasteiger partial charge in [-0.15, -0.1) is 0 Å². The van der Waals surface area contributed by atoms with E-state index in [1.807, 2.05) is 13.8 Å². The molecule has 1 aliphatic rings. The SMILES string of the molecule is CC1CCN(CC(=O)OC(C)C)C1. The average molecular weight is 185 g/mol. The molecule has 0 spiro atoms. The van der Waals surface area contributed by atoms with Crippen LogP contribution in [0.1, 0.15) is 27.2 Å². The Bertz CT molecular complexity index is 180. The van der Waals surface area contributed by atoms with Crippen molar-refractivity contribution in [3.8, 4) is 0 Å². The first kappa shape index (κ1) is 10.5. The van der Waals surface area contributed by atoms with Crippen molar-refractivity contribution in [2.75, 3.05) is 19.6 Å². The van der Waals surface area contributed by atoms with Crippen LogP contribution in [0, 0.1) is 5.92 Å². The molecular formula is C10H19NO2. The third-order valence-corrected chi connectivity index (χ3v) is 2.23. The van der Waals surface area contributed by atoms with Crippen LogP contribution in [0.15, 0.2) is 0 Å². The van der Waals surface area contributed by atoms with Crippen LogP contribution in [0.4, 0.5) is 0 Å². The molecule has 0 amide bonds. The molecule has 13 heavy (non-hydrogen) atoms. The van der Waals surface area contributed by atoms with Gasteiger partial charge in [-0.1, -0.05) is 6.92 Å². The summed E-state index contributed by atoms with van der Waals surface area (Å²) in [5.74, 6) is 0.635. The highest BCUT2D eigenvalue weighted by molar-refractivity contribution is 5.71. The van der Waals surface area contributed by atoms with Gasteiger partial charge >= 0.3 is 5.97 Å². The number of rotatable bonds is 3. The summed E-state index contributed by atoms with van der Waals surface area (Å²) in [6.45, 7) is 8.51. The van der Waals surface area contributed by atoms with Crippen molar-refractivity contribution in [1.82, 2.24) is 4.90 Å². The molecule has 76 valence electrons. The van der Waals surface area contributed by atoms with E-state index in [4.69, 9.17) is 4.74 Å². The molecule has 0 bridgehead atoms. The van der Waals surface area contributed by atoms with Gasteiger partial charge in [0.15, 0.2) is 0 Å². The largest absolute Gasteiger partial charge is 0.462 e. The van der Waals surface area contributed by atoms with Gasteiger partial charge in [0.1, 0.15) is 0 Å². The maximum absolute atomic E-state index is 11.3. The Kier molecular flexibility index (Phi) is 3.72. The fourth-order valence-corrected chi connectivity index (χ4v) is 1.65. The second-order valence-corrected chi connectivity index (χ2v) is 4.17. The predicted octanol–water partition coefficient (Wildman–Crippen LogP) is 1.28. The zero-order chi connectivity index (χ0) is 9.84. The number of hydrogen-bond donors (Lipinski definition) is 0. The molecule has 0 aromatic rings. The lowest BCUT2D eigenvalue weighted by atomic mass is 10.2. The Hall–Kier alpha value is -0.570. The van der Waals surface area contributed by atoms with Crippen LogP contribution >= 0.6 is 0 Å². The number of carbonyl (C=O) groups is 1. The van der Waals surface area contributed by atoms with Gasteiger partial charge in [0.2, 0.25) is 0 Å². The lowest BCUT2D eigenvalue weighted by molar-refractivity contribution is -0.148. The van der Waals surface area contributed by atoms with Crippen LogP contribution in [0.25, 0.3) is 0 Å². The first-order chi connectivity index (χ1) is 6.08. The van der Waals surface area contributed by atoms with Gasteiger partial charge in [0, 0.05) is 6.54 Å². The standard InChI is InChI=1S/C10H19NO2/c1-8(2)13-10(12)7-11-5-4-9(3)6-11/h8-9H,4-7H2,1-3H3. The van der Waals surface area contributed by atoms with Gasteiger partial charge in [-0.2, -0.15) is 0 Å². The maximum atomic E-state index is 11.3. The normalized spacial score (nSPS) is 23.8. The number of esters is 1. The number of likely N-dealkylation sites (tertiary alicyclic amines) is 1. The summed E-state index contributed by atoms with van der Waals surface area (Å²) in [6, 6.07) is 0. The summed E-state index contributed by atoms with van der Waals surface area (Å²) in [7, 11) is 0. The van der Waals surface area contributed by atoms with Crippen molar-refractivity contribution >= 4 is 5.97 Å². The van der Waals surface area contributed by atoms with Gasteiger partial charge in [-0.3, -0.25) is 9.69 Å². The molecule has 1 heterocycles. The molecule has 0 saturated carbocycles. The fraction of sp³-hybridized carbons (Fsp3) is 0.900. The minimum absolute atomic E-state index is 0.00697. The number of carbonyl (C=O) groups excluding carboxylic acids is 1. The summed E-state index contributed by atoms with van der Waals surface area (Å²) in [6.07, 6.45) is 1.21. The maximum Gasteiger partial charge on any atom is 0.320 e. The Labute approximate surface area is 80.1 Å². The first-order valence-corrected chi connectivity index (χ1v) is 4.99. The van der Waals surface area contributed by atoms with E-state index in [2.05, 4.69) is 11.8 Å². The summed E-state index contributed by atoms with van der Waals surface area (Å²) >= 11 is 0. The minimum atomic E-state index is -0.0934. The summed E-state index contributed by atoms with van der Waals surface area (Å²) < 4.78 is 5.07.